The van der Waals surface area contributed by atoms with Crippen molar-refractivity contribution in [1.29, 1.82) is 0 Å². The monoisotopic (exact) mass is 456 g/mol. The lowest BCUT2D eigenvalue weighted by Crippen LogP contribution is -2.49. The average molecular weight is 457 g/mol. The van der Waals surface area contributed by atoms with Crippen LogP contribution in [0.15, 0.2) is 24.3 Å². The van der Waals surface area contributed by atoms with Gasteiger partial charge >= 0.3 is 5.97 Å². The van der Waals surface area contributed by atoms with Gasteiger partial charge in [0, 0.05) is 30.7 Å². The Morgan fingerprint density at radius 1 is 1.24 bits per heavy atom. The first-order chi connectivity index (χ1) is 15.8. The summed E-state index contributed by atoms with van der Waals surface area (Å²) in [4.78, 5) is 11.7. The van der Waals surface area contributed by atoms with E-state index in [2.05, 4.69) is 39.5 Å². The summed E-state index contributed by atoms with van der Waals surface area (Å²) in [7, 11) is 0. The lowest BCUT2D eigenvalue weighted by Gasteiger charge is -2.49. The second-order valence-electron chi connectivity index (χ2n) is 10.5. The molecule has 2 aliphatic heterocycles. The van der Waals surface area contributed by atoms with Crippen LogP contribution in [-0.4, -0.2) is 30.6 Å². The quantitative estimate of drug-likeness (QED) is 0.267. The number of unbranched alkanes of at least 4 members (excludes halogenated alkanes) is 2. The fourth-order valence-corrected chi connectivity index (χ4v) is 5.75. The third kappa shape index (κ3) is 5.40. The summed E-state index contributed by atoms with van der Waals surface area (Å²) >= 11 is 0. The predicted molar refractivity (Wildman–Crippen MR) is 129 cm³/mol. The number of carbonyl (C=O) groups is 1. The molecule has 1 saturated carbocycles. The third-order valence-electron chi connectivity index (χ3n) is 7.47. The average Bonchev–Trinajstić information content (AvgIpc) is 2.75. The molecule has 4 unspecified atom stereocenters. The Morgan fingerprint density at radius 3 is 2.76 bits per heavy atom. The van der Waals surface area contributed by atoms with Crippen LogP contribution in [0.25, 0.3) is 0 Å². The number of esters is 1. The van der Waals surface area contributed by atoms with Gasteiger partial charge in [-0.2, -0.15) is 0 Å². The molecular weight excluding hydrogens is 416 g/mol. The normalized spacial score (nSPS) is 28.3. The minimum absolute atomic E-state index is 0.195. The van der Waals surface area contributed by atoms with Crippen molar-refractivity contribution >= 4 is 5.97 Å². The molecule has 0 aromatic heterocycles. The summed E-state index contributed by atoms with van der Waals surface area (Å²) in [6.07, 6.45) is 8.73. The maximum atomic E-state index is 11.7. The van der Waals surface area contributed by atoms with E-state index in [1.165, 1.54) is 25.3 Å². The molecule has 0 N–H and O–H groups in total. The first-order valence-electron chi connectivity index (χ1n) is 12.8. The van der Waals surface area contributed by atoms with Gasteiger partial charge in [0.05, 0.1) is 6.61 Å². The number of carbonyl (C=O) groups excluding carboxylic acids is 1. The molecule has 0 spiro atoms. The number of hydrogen-bond donors (Lipinski definition) is 0. The Labute approximate surface area is 198 Å². The number of fused-ring (bicyclic) bond motifs is 3. The van der Waals surface area contributed by atoms with Crippen LogP contribution < -0.4 is 9.47 Å². The van der Waals surface area contributed by atoms with E-state index in [9.17, 15) is 4.79 Å². The van der Waals surface area contributed by atoms with Crippen molar-refractivity contribution in [3.8, 4) is 11.5 Å². The van der Waals surface area contributed by atoms with Gasteiger partial charge in [-0.1, -0.05) is 26.3 Å². The molecule has 4 atom stereocenters. The molecule has 33 heavy (non-hydrogen) atoms. The molecule has 1 aliphatic carbocycles. The lowest BCUT2D eigenvalue weighted by molar-refractivity contribution is -0.148. The smallest absolute Gasteiger partial charge is 0.303 e. The summed E-state index contributed by atoms with van der Waals surface area (Å²) in [6.45, 7) is 13.0. The molecule has 5 nitrogen and oxygen atoms in total. The van der Waals surface area contributed by atoms with Crippen LogP contribution in [-0.2, 0) is 20.7 Å². The maximum Gasteiger partial charge on any atom is 0.303 e. The minimum Gasteiger partial charge on any atom is -0.487 e. The second kappa shape index (κ2) is 10.1. The predicted octanol–water partition coefficient (Wildman–Crippen LogP) is 6.48. The molecule has 1 aromatic carbocycles. The van der Waals surface area contributed by atoms with E-state index in [-0.39, 0.29) is 35.8 Å². The summed E-state index contributed by atoms with van der Waals surface area (Å²) in [6, 6.07) is 4.44. The van der Waals surface area contributed by atoms with Gasteiger partial charge in [0.2, 0.25) is 0 Å². The fourth-order valence-electron chi connectivity index (χ4n) is 5.75. The standard InChI is InChI=1S/C28H40O5/c1-6-7-8-11-20-15-24(32-26-12-9-10-13-30-26)27-21-14-18(2)23(31-19(3)29)17-22(21)28(4,5)33-25(27)16-20/h15-16,21-23,26H,2,6-14,17H2,1,3-5H3. The Morgan fingerprint density at radius 2 is 2.06 bits per heavy atom. The van der Waals surface area contributed by atoms with Gasteiger partial charge < -0.3 is 18.9 Å². The number of benzene rings is 1. The van der Waals surface area contributed by atoms with Gasteiger partial charge in [-0.25, -0.2) is 0 Å². The molecular formula is C28H40O5. The van der Waals surface area contributed by atoms with Crippen molar-refractivity contribution in [2.24, 2.45) is 5.92 Å². The summed E-state index contributed by atoms with van der Waals surface area (Å²) in [5.41, 5.74) is 2.99. The van der Waals surface area contributed by atoms with Gasteiger partial charge in [0.25, 0.3) is 0 Å². The largest absolute Gasteiger partial charge is 0.487 e. The molecule has 0 bridgehead atoms. The fraction of sp³-hybridized carbons (Fsp3) is 0.679. The van der Waals surface area contributed by atoms with E-state index in [0.29, 0.717) is 6.42 Å². The van der Waals surface area contributed by atoms with Crippen molar-refractivity contribution in [2.75, 3.05) is 6.61 Å². The molecule has 3 aliphatic rings. The highest BCUT2D eigenvalue weighted by Gasteiger charge is 2.50. The van der Waals surface area contributed by atoms with Crippen LogP contribution in [0.1, 0.15) is 96.1 Å². The molecule has 2 fully saturated rings. The van der Waals surface area contributed by atoms with E-state index in [0.717, 1.165) is 67.8 Å². The third-order valence-corrected chi connectivity index (χ3v) is 7.47. The minimum atomic E-state index is -0.378. The Kier molecular flexibility index (Phi) is 7.37. The van der Waals surface area contributed by atoms with Crippen LogP contribution in [0.5, 0.6) is 11.5 Å². The van der Waals surface area contributed by atoms with Gasteiger partial charge in [-0.3, -0.25) is 4.79 Å². The van der Waals surface area contributed by atoms with Gasteiger partial charge in [0.15, 0.2) is 6.29 Å². The molecule has 0 amide bonds. The van der Waals surface area contributed by atoms with Crippen molar-refractivity contribution in [2.45, 2.75) is 109 Å². The first-order valence-corrected chi connectivity index (χ1v) is 12.8. The van der Waals surface area contributed by atoms with Crippen LogP contribution >= 0.6 is 0 Å². The zero-order valence-electron chi connectivity index (χ0n) is 20.8. The first kappa shape index (κ1) is 24.1. The summed E-state index contributed by atoms with van der Waals surface area (Å²) in [5.74, 6) is 1.98. The van der Waals surface area contributed by atoms with Gasteiger partial charge in [-0.15, -0.1) is 0 Å². The number of ether oxygens (including phenoxy) is 4. The van der Waals surface area contributed by atoms with E-state index in [4.69, 9.17) is 18.9 Å². The zero-order chi connectivity index (χ0) is 23.6. The summed E-state index contributed by atoms with van der Waals surface area (Å²) < 4.78 is 24.7. The van der Waals surface area contributed by atoms with Crippen molar-refractivity contribution < 1.29 is 23.7 Å². The molecule has 1 aromatic rings. The molecule has 2 heterocycles. The molecule has 1 saturated heterocycles. The van der Waals surface area contributed by atoms with E-state index < -0.39 is 0 Å². The Bertz CT molecular complexity index is 867. The van der Waals surface area contributed by atoms with E-state index in [1.54, 1.807) is 0 Å². The van der Waals surface area contributed by atoms with Crippen LogP contribution in [0.4, 0.5) is 0 Å². The number of hydrogen-bond acceptors (Lipinski definition) is 5. The molecule has 0 radical (unpaired) electrons. The van der Waals surface area contributed by atoms with Crippen molar-refractivity contribution in [3.63, 3.8) is 0 Å². The van der Waals surface area contributed by atoms with Crippen LogP contribution in [0.2, 0.25) is 0 Å². The van der Waals surface area contributed by atoms with E-state index in [1.807, 2.05) is 0 Å². The highest BCUT2D eigenvalue weighted by Crippen LogP contribution is 2.56. The van der Waals surface area contributed by atoms with Crippen LogP contribution in [0, 0.1) is 5.92 Å². The summed E-state index contributed by atoms with van der Waals surface area (Å²) in [5, 5.41) is 0. The number of aryl methyl sites for hydroxylation is 1. The Hall–Kier alpha value is -2.01. The van der Waals surface area contributed by atoms with Gasteiger partial charge in [0.1, 0.15) is 23.2 Å². The van der Waals surface area contributed by atoms with Crippen LogP contribution in [0.3, 0.4) is 0 Å². The SMILES string of the molecule is C=C1CC2c3c(OC4CCCCO4)cc(CCCCC)cc3OC(C)(C)C2CC1OC(C)=O. The highest BCUT2D eigenvalue weighted by atomic mass is 16.7. The topological polar surface area (TPSA) is 54.0 Å². The highest BCUT2D eigenvalue weighted by molar-refractivity contribution is 5.66. The van der Waals surface area contributed by atoms with Crippen molar-refractivity contribution in [3.05, 3.63) is 35.4 Å². The van der Waals surface area contributed by atoms with Gasteiger partial charge in [-0.05, 0) is 75.6 Å². The molecule has 5 heteroatoms. The zero-order valence-corrected chi connectivity index (χ0v) is 20.8. The molecule has 4 rings (SSSR count). The van der Waals surface area contributed by atoms with Crippen molar-refractivity contribution in [1.82, 2.24) is 0 Å². The lowest BCUT2D eigenvalue weighted by atomic mass is 9.64. The number of rotatable bonds is 7. The molecule has 182 valence electrons. The van der Waals surface area contributed by atoms with E-state index >= 15 is 0 Å². The second-order valence-corrected chi connectivity index (χ2v) is 10.5. The maximum absolute atomic E-state index is 11.7. The Balaban J connectivity index is 1.70.